The quantitative estimate of drug-likeness (QED) is 0.703. The number of carboxylic acids is 1. The SMILES string of the molecule is CC(C)N(CC(=O)O)CC(=O)Nc1ccccc1Sc1ccc(Cl)cc1. The van der Waals surface area contributed by atoms with Gasteiger partial charge in [0.1, 0.15) is 0 Å². The number of rotatable bonds is 8. The molecule has 2 aromatic carbocycles. The van der Waals surface area contributed by atoms with Crippen molar-refractivity contribution >= 4 is 40.9 Å². The summed E-state index contributed by atoms with van der Waals surface area (Å²) in [6.45, 7) is 3.57. The number of hydrogen-bond acceptors (Lipinski definition) is 4. The van der Waals surface area contributed by atoms with Crippen molar-refractivity contribution in [3.8, 4) is 0 Å². The molecule has 0 heterocycles. The zero-order valence-corrected chi connectivity index (χ0v) is 16.2. The number of carboxylic acid groups (broad SMARTS) is 1. The van der Waals surface area contributed by atoms with E-state index in [0.29, 0.717) is 10.7 Å². The van der Waals surface area contributed by atoms with Crippen LogP contribution in [0, 0.1) is 0 Å². The zero-order valence-electron chi connectivity index (χ0n) is 14.6. The van der Waals surface area contributed by atoms with Crippen LogP contribution in [0.5, 0.6) is 0 Å². The summed E-state index contributed by atoms with van der Waals surface area (Å²) in [5.74, 6) is -1.20. The highest BCUT2D eigenvalue weighted by Crippen LogP contribution is 2.33. The Kier molecular flexibility index (Phi) is 7.50. The van der Waals surface area contributed by atoms with Gasteiger partial charge in [-0.3, -0.25) is 14.5 Å². The first-order valence-corrected chi connectivity index (χ1v) is 9.32. The molecule has 0 aromatic heterocycles. The topological polar surface area (TPSA) is 69.6 Å². The molecule has 2 rings (SSSR count). The van der Waals surface area contributed by atoms with Gasteiger partial charge < -0.3 is 10.4 Å². The van der Waals surface area contributed by atoms with Crippen LogP contribution in [0.4, 0.5) is 5.69 Å². The van der Waals surface area contributed by atoms with Crippen LogP contribution in [0.25, 0.3) is 0 Å². The Bertz CT molecular complexity index is 766. The minimum atomic E-state index is -0.954. The van der Waals surface area contributed by atoms with Gasteiger partial charge in [0, 0.05) is 20.9 Å². The number of nitrogens with zero attached hydrogens (tertiary/aromatic N) is 1. The van der Waals surface area contributed by atoms with Crippen LogP contribution in [0.15, 0.2) is 58.3 Å². The van der Waals surface area contributed by atoms with Crippen LogP contribution in [0.3, 0.4) is 0 Å². The number of nitrogens with one attached hydrogen (secondary N) is 1. The maximum Gasteiger partial charge on any atom is 0.317 e. The van der Waals surface area contributed by atoms with Crippen molar-refractivity contribution in [2.24, 2.45) is 0 Å². The minimum absolute atomic E-state index is 0.0178. The maximum absolute atomic E-state index is 12.4. The van der Waals surface area contributed by atoms with Gasteiger partial charge in [-0.15, -0.1) is 0 Å². The van der Waals surface area contributed by atoms with E-state index < -0.39 is 5.97 Å². The van der Waals surface area contributed by atoms with Crippen LogP contribution >= 0.6 is 23.4 Å². The molecule has 0 aliphatic rings. The Morgan fingerprint density at radius 2 is 1.77 bits per heavy atom. The molecule has 138 valence electrons. The fourth-order valence-electron chi connectivity index (χ4n) is 2.26. The van der Waals surface area contributed by atoms with Crippen molar-refractivity contribution in [1.29, 1.82) is 0 Å². The molecule has 1 amide bonds. The molecule has 0 fully saturated rings. The fourth-order valence-corrected chi connectivity index (χ4v) is 3.29. The highest BCUT2D eigenvalue weighted by molar-refractivity contribution is 7.99. The number of halogens is 1. The molecule has 0 saturated heterocycles. The van der Waals surface area contributed by atoms with Crippen LogP contribution in [-0.4, -0.2) is 41.0 Å². The molecular weight excluding hydrogens is 372 g/mol. The third-order valence-corrected chi connectivity index (χ3v) is 4.95. The molecule has 0 spiro atoms. The van der Waals surface area contributed by atoms with Crippen molar-refractivity contribution in [3.05, 3.63) is 53.6 Å². The summed E-state index contributed by atoms with van der Waals surface area (Å²) in [7, 11) is 0. The number of carbonyl (C=O) groups is 2. The monoisotopic (exact) mass is 392 g/mol. The first-order chi connectivity index (χ1) is 12.3. The molecule has 2 aromatic rings. The number of anilines is 1. The van der Waals surface area contributed by atoms with Crippen LogP contribution < -0.4 is 5.32 Å². The van der Waals surface area contributed by atoms with Crippen molar-refractivity contribution < 1.29 is 14.7 Å². The van der Waals surface area contributed by atoms with Gasteiger partial charge in [0.2, 0.25) is 5.91 Å². The van der Waals surface area contributed by atoms with Crippen LogP contribution in [-0.2, 0) is 9.59 Å². The van der Waals surface area contributed by atoms with Gasteiger partial charge in [-0.1, -0.05) is 35.5 Å². The lowest BCUT2D eigenvalue weighted by molar-refractivity contribution is -0.139. The molecule has 0 bridgehead atoms. The lowest BCUT2D eigenvalue weighted by Crippen LogP contribution is -2.41. The lowest BCUT2D eigenvalue weighted by atomic mass is 10.3. The van der Waals surface area contributed by atoms with Gasteiger partial charge >= 0.3 is 5.97 Å². The molecule has 0 radical (unpaired) electrons. The summed E-state index contributed by atoms with van der Waals surface area (Å²) in [5, 5.41) is 12.5. The summed E-state index contributed by atoms with van der Waals surface area (Å²) < 4.78 is 0. The van der Waals surface area contributed by atoms with E-state index in [2.05, 4.69) is 5.32 Å². The number of aliphatic carboxylic acids is 1. The van der Waals surface area contributed by atoms with E-state index in [1.807, 2.05) is 62.4 Å². The van der Waals surface area contributed by atoms with Gasteiger partial charge in [-0.25, -0.2) is 0 Å². The third-order valence-electron chi connectivity index (χ3n) is 3.62. The Labute approximate surface area is 162 Å². The molecule has 0 aliphatic heterocycles. The highest BCUT2D eigenvalue weighted by atomic mass is 35.5. The number of para-hydroxylation sites is 1. The zero-order chi connectivity index (χ0) is 19.1. The number of amides is 1. The average molecular weight is 393 g/mol. The summed E-state index contributed by atoms with van der Waals surface area (Å²) in [5.41, 5.74) is 0.691. The first kappa shape index (κ1) is 20.3. The van der Waals surface area contributed by atoms with Crippen molar-refractivity contribution in [3.63, 3.8) is 0 Å². The van der Waals surface area contributed by atoms with E-state index in [1.54, 1.807) is 4.90 Å². The van der Waals surface area contributed by atoms with E-state index >= 15 is 0 Å². The largest absolute Gasteiger partial charge is 0.480 e. The van der Waals surface area contributed by atoms with Gasteiger partial charge in [-0.2, -0.15) is 0 Å². The van der Waals surface area contributed by atoms with Gasteiger partial charge in [0.05, 0.1) is 18.8 Å². The molecule has 0 unspecified atom stereocenters. The van der Waals surface area contributed by atoms with Crippen LogP contribution in [0.1, 0.15) is 13.8 Å². The number of benzene rings is 2. The standard InChI is InChI=1S/C19H21ClN2O3S/c1-13(2)22(12-19(24)25)11-18(23)21-16-5-3-4-6-17(16)26-15-9-7-14(20)8-10-15/h3-10,13H,11-12H2,1-2H3,(H,21,23)(H,24,25). The van der Waals surface area contributed by atoms with E-state index in [9.17, 15) is 9.59 Å². The molecule has 0 atom stereocenters. The molecule has 0 aliphatic carbocycles. The summed E-state index contributed by atoms with van der Waals surface area (Å²) in [6, 6.07) is 14.9. The second kappa shape index (κ2) is 9.62. The van der Waals surface area contributed by atoms with Gasteiger partial charge in [0.25, 0.3) is 0 Å². The third kappa shape index (κ3) is 6.37. The summed E-state index contributed by atoms with van der Waals surface area (Å²) >= 11 is 7.43. The molecule has 2 N–H and O–H groups in total. The average Bonchev–Trinajstić information content (AvgIpc) is 2.57. The van der Waals surface area contributed by atoms with Gasteiger partial charge in [-0.05, 0) is 50.2 Å². The fraction of sp³-hybridized carbons (Fsp3) is 0.263. The van der Waals surface area contributed by atoms with E-state index in [4.69, 9.17) is 16.7 Å². The smallest absolute Gasteiger partial charge is 0.317 e. The lowest BCUT2D eigenvalue weighted by Gasteiger charge is -2.24. The van der Waals surface area contributed by atoms with Crippen molar-refractivity contribution in [1.82, 2.24) is 4.90 Å². The molecule has 5 nitrogen and oxygen atoms in total. The molecule has 26 heavy (non-hydrogen) atoms. The van der Waals surface area contributed by atoms with Crippen molar-refractivity contribution in [2.75, 3.05) is 18.4 Å². The Morgan fingerprint density at radius 1 is 1.12 bits per heavy atom. The van der Waals surface area contributed by atoms with Crippen LogP contribution in [0.2, 0.25) is 5.02 Å². The normalized spacial score (nSPS) is 11.0. The summed E-state index contributed by atoms with van der Waals surface area (Å²) in [6.07, 6.45) is 0. The maximum atomic E-state index is 12.4. The van der Waals surface area contributed by atoms with Gasteiger partial charge in [0.15, 0.2) is 0 Å². The second-order valence-corrected chi connectivity index (χ2v) is 7.54. The minimum Gasteiger partial charge on any atom is -0.480 e. The van der Waals surface area contributed by atoms with E-state index in [-0.39, 0.29) is 25.0 Å². The van der Waals surface area contributed by atoms with Crippen molar-refractivity contribution in [2.45, 2.75) is 29.7 Å². The predicted octanol–water partition coefficient (Wildman–Crippen LogP) is 4.22. The number of carbonyl (C=O) groups excluding carboxylic acids is 1. The molecular formula is C19H21ClN2O3S. The number of hydrogen-bond donors (Lipinski definition) is 2. The Balaban J connectivity index is 2.07. The predicted molar refractivity (Wildman–Crippen MR) is 105 cm³/mol. The Morgan fingerprint density at radius 3 is 2.38 bits per heavy atom. The van der Waals surface area contributed by atoms with E-state index in [0.717, 1.165) is 9.79 Å². The Hall–Kier alpha value is -2.02. The first-order valence-electron chi connectivity index (χ1n) is 8.13. The summed E-state index contributed by atoms with van der Waals surface area (Å²) in [4.78, 5) is 26.8. The highest BCUT2D eigenvalue weighted by Gasteiger charge is 2.17. The second-order valence-electron chi connectivity index (χ2n) is 5.99. The molecule has 0 saturated carbocycles. The van der Waals surface area contributed by atoms with E-state index in [1.165, 1.54) is 11.8 Å². The molecule has 7 heteroatoms.